The van der Waals surface area contributed by atoms with E-state index < -0.39 is 6.03 Å². The minimum Gasteiger partial charge on any atom is -0.497 e. The first-order valence-electron chi connectivity index (χ1n) is 10.4. The molecule has 168 valence electrons. The molecule has 0 fully saturated rings. The number of nitrogens with one attached hydrogen (secondary N) is 2. The van der Waals surface area contributed by atoms with E-state index in [1.807, 2.05) is 54.6 Å². The summed E-state index contributed by atoms with van der Waals surface area (Å²) < 4.78 is 5.25. The van der Waals surface area contributed by atoms with Crippen LogP contribution in [0.25, 0.3) is 32.9 Å². The fourth-order valence-electron chi connectivity index (χ4n) is 3.78. The van der Waals surface area contributed by atoms with Crippen molar-refractivity contribution in [3.63, 3.8) is 0 Å². The third-order valence-electron chi connectivity index (χ3n) is 5.36. The lowest BCUT2D eigenvalue weighted by molar-refractivity contribution is 0.262. The Bertz CT molecular complexity index is 1560. The van der Waals surface area contributed by atoms with Gasteiger partial charge in [-0.15, -0.1) is 0 Å². The average molecular weight is 489 g/mol. The zero-order chi connectivity index (χ0) is 23.7. The number of carbonyl (C=O) groups is 1. The van der Waals surface area contributed by atoms with E-state index >= 15 is 0 Å². The molecule has 0 atom stereocenters. The standard InChI is InChI=1S/C26H18Cl2N4O2/c1-34-17-8-10-21-15(12-17)6-11-24(30-21)32-26(33)31-23-14-29-22-9-7-16(27)13-19(22)25(23)18-4-2-3-5-20(18)28/h2-14H,1H3,(H2,30,31,32,33). The van der Waals surface area contributed by atoms with E-state index in [0.29, 0.717) is 21.6 Å². The van der Waals surface area contributed by atoms with Gasteiger partial charge < -0.3 is 10.1 Å². The molecule has 8 heteroatoms. The van der Waals surface area contributed by atoms with Crippen LogP contribution in [0, 0.1) is 0 Å². The Morgan fingerprint density at radius 2 is 1.74 bits per heavy atom. The molecule has 0 aliphatic carbocycles. The van der Waals surface area contributed by atoms with Gasteiger partial charge in [0.1, 0.15) is 11.6 Å². The molecular weight excluding hydrogens is 471 g/mol. The number of hydrogen-bond acceptors (Lipinski definition) is 4. The lowest BCUT2D eigenvalue weighted by Crippen LogP contribution is -2.20. The largest absolute Gasteiger partial charge is 0.497 e. The number of carbonyl (C=O) groups excluding carboxylic acids is 1. The summed E-state index contributed by atoms with van der Waals surface area (Å²) >= 11 is 12.8. The van der Waals surface area contributed by atoms with Crippen LogP contribution in [0.2, 0.25) is 10.0 Å². The van der Waals surface area contributed by atoms with Gasteiger partial charge in [-0.2, -0.15) is 0 Å². The number of anilines is 2. The number of pyridine rings is 2. The minimum absolute atomic E-state index is 0.409. The second-order valence-corrected chi connectivity index (χ2v) is 8.37. The number of aromatic nitrogens is 2. The predicted octanol–water partition coefficient (Wildman–Crippen LogP) is 7.41. The smallest absolute Gasteiger partial charge is 0.324 e. The summed E-state index contributed by atoms with van der Waals surface area (Å²) in [5, 5.41) is 8.45. The molecule has 0 saturated heterocycles. The third-order valence-corrected chi connectivity index (χ3v) is 5.92. The number of nitrogens with zero attached hydrogens (tertiary/aromatic N) is 2. The molecule has 0 aliphatic rings. The molecule has 3 aromatic carbocycles. The summed E-state index contributed by atoms with van der Waals surface area (Å²) in [5.74, 6) is 1.15. The minimum atomic E-state index is -0.461. The van der Waals surface area contributed by atoms with Crippen LogP contribution in [-0.4, -0.2) is 23.1 Å². The Morgan fingerprint density at radius 3 is 2.56 bits per heavy atom. The second kappa shape index (κ2) is 9.17. The maximum Gasteiger partial charge on any atom is 0.324 e. The Hall–Kier alpha value is -3.87. The molecular formula is C26H18Cl2N4O2. The second-order valence-electron chi connectivity index (χ2n) is 7.52. The van der Waals surface area contributed by atoms with Gasteiger partial charge in [0.2, 0.25) is 0 Å². The first-order valence-corrected chi connectivity index (χ1v) is 11.1. The number of benzene rings is 3. The molecule has 0 spiro atoms. The van der Waals surface area contributed by atoms with Crippen molar-refractivity contribution < 1.29 is 9.53 Å². The molecule has 0 saturated carbocycles. The molecule has 2 amide bonds. The summed E-state index contributed by atoms with van der Waals surface area (Å²) in [4.78, 5) is 21.9. The number of ether oxygens (including phenoxy) is 1. The van der Waals surface area contributed by atoms with E-state index in [1.54, 1.807) is 31.5 Å². The van der Waals surface area contributed by atoms with Gasteiger partial charge in [0.15, 0.2) is 0 Å². The number of amides is 2. The summed E-state index contributed by atoms with van der Waals surface area (Å²) in [6.45, 7) is 0. The summed E-state index contributed by atoms with van der Waals surface area (Å²) in [6.07, 6.45) is 1.61. The van der Waals surface area contributed by atoms with Crippen LogP contribution < -0.4 is 15.4 Å². The van der Waals surface area contributed by atoms with Crippen LogP contribution in [0.5, 0.6) is 5.75 Å². The van der Waals surface area contributed by atoms with Crippen molar-refractivity contribution in [2.45, 2.75) is 0 Å². The van der Waals surface area contributed by atoms with Crippen molar-refractivity contribution in [2.75, 3.05) is 17.7 Å². The van der Waals surface area contributed by atoms with Crippen LogP contribution in [0.3, 0.4) is 0 Å². The average Bonchev–Trinajstić information content (AvgIpc) is 2.84. The summed E-state index contributed by atoms with van der Waals surface area (Å²) in [7, 11) is 1.61. The van der Waals surface area contributed by atoms with Gasteiger partial charge in [0.25, 0.3) is 0 Å². The third kappa shape index (κ3) is 4.33. The molecule has 2 N–H and O–H groups in total. The molecule has 0 bridgehead atoms. The van der Waals surface area contributed by atoms with Crippen molar-refractivity contribution in [2.24, 2.45) is 0 Å². The van der Waals surface area contributed by atoms with Gasteiger partial charge >= 0.3 is 6.03 Å². The quantitative estimate of drug-likeness (QED) is 0.276. The molecule has 5 rings (SSSR count). The lowest BCUT2D eigenvalue weighted by Gasteiger charge is -2.16. The van der Waals surface area contributed by atoms with Gasteiger partial charge in [-0.1, -0.05) is 41.4 Å². The van der Waals surface area contributed by atoms with Gasteiger partial charge in [-0.05, 0) is 54.6 Å². The fourth-order valence-corrected chi connectivity index (χ4v) is 4.19. The number of methoxy groups -OCH3 is 1. The van der Waals surface area contributed by atoms with E-state index in [-0.39, 0.29) is 0 Å². The van der Waals surface area contributed by atoms with Crippen LogP contribution in [0.1, 0.15) is 0 Å². The van der Waals surface area contributed by atoms with E-state index in [2.05, 4.69) is 20.6 Å². The van der Waals surface area contributed by atoms with Crippen LogP contribution in [-0.2, 0) is 0 Å². The topological polar surface area (TPSA) is 76.1 Å². The van der Waals surface area contributed by atoms with Gasteiger partial charge in [-0.25, -0.2) is 9.78 Å². The van der Waals surface area contributed by atoms with Crippen molar-refractivity contribution in [3.8, 4) is 16.9 Å². The van der Waals surface area contributed by atoms with Gasteiger partial charge in [-0.3, -0.25) is 10.3 Å². The first-order chi connectivity index (χ1) is 16.5. The molecule has 34 heavy (non-hydrogen) atoms. The maximum atomic E-state index is 12.9. The first kappa shape index (κ1) is 21.9. The molecule has 5 aromatic rings. The molecule has 0 unspecified atom stereocenters. The highest BCUT2D eigenvalue weighted by Crippen LogP contribution is 2.39. The van der Waals surface area contributed by atoms with E-state index in [4.69, 9.17) is 27.9 Å². The Balaban J connectivity index is 1.50. The highest BCUT2D eigenvalue weighted by Gasteiger charge is 2.16. The van der Waals surface area contributed by atoms with E-state index in [9.17, 15) is 4.79 Å². The lowest BCUT2D eigenvalue weighted by atomic mass is 9.99. The highest BCUT2D eigenvalue weighted by atomic mass is 35.5. The van der Waals surface area contributed by atoms with Crippen LogP contribution in [0.4, 0.5) is 16.3 Å². The summed E-state index contributed by atoms with van der Waals surface area (Å²) in [5.41, 5.74) is 3.44. The fraction of sp³-hybridized carbons (Fsp3) is 0.0385. The summed E-state index contributed by atoms with van der Waals surface area (Å²) in [6, 6.07) is 21.5. The number of fused-ring (bicyclic) bond motifs is 2. The predicted molar refractivity (Wildman–Crippen MR) is 138 cm³/mol. The molecule has 2 aromatic heterocycles. The molecule has 0 radical (unpaired) electrons. The zero-order valence-electron chi connectivity index (χ0n) is 18.0. The Labute approximate surface area is 205 Å². The molecule has 2 heterocycles. The van der Waals surface area contributed by atoms with Gasteiger partial charge in [0, 0.05) is 31.9 Å². The van der Waals surface area contributed by atoms with Crippen molar-refractivity contribution >= 4 is 62.5 Å². The van der Waals surface area contributed by atoms with Crippen LogP contribution >= 0.6 is 23.2 Å². The Morgan fingerprint density at radius 1 is 0.912 bits per heavy atom. The molecule has 6 nitrogen and oxygen atoms in total. The SMILES string of the molecule is COc1ccc2nc(NC(=O)Nc3cnc4ccc(Cl)cc4c3-c3ccccc3Cl)ccc2c1. The number of halogens is 2. The normalized spacial score (nSPS) is 10.9. The molecule has 0 aliphatic heterocycles. The van der Waals surface area contributed by atoms with Gasteiger partial charge in [0.05, 0.1) is 30.0 Å². The van der Waals surface area contributed by atoms with Crippen LogP contribution in [0.15, 0.2) is 79.0 Å². The van der Waals surface area contributed by atoms with E-state index in [0.717, 1.165) is 38.7 Å². The Kier molecular flexibility index (Phi) is 5.92. The highest BCUT2D eigenvalue weighted by molar-refractivity contribution is 6.34. The number of urea groups is 1. The van der Waals surface area contributed by atoms with E-state index in [1.165, 1.54) is 0 Å². The zero-order valence-corrected chi connectivity index (χ0v) is 19.5. The van der Waals surface area contributed by atoms with Crippen molar-refractivity contribution in [3.05, 3.63) is 89.0 Å². The number of rotatable bonds is 4. The maximum absolute atomic E-state index is 12.9. The number of hydrogen-bond donors (Lipinski definition) is 2. The van der Waals surface area contributed by atoms with Crippen molar-refractivity contribution in [1.82, 2.24) is 9.97 Å². The monoisotopic (exact) mass is 488 g/mol. The van der Waals surface area contributed by atoms with Crippen molar-refractivity contribution in [1.29, 1.82) is 0 Å².